The normalized spacial score (nSPS) is 27.3. The van der Waals surface area contributed by atoms with Gasteiger partial charge in [-0.1, -0.05) is 19.1 Å². The van der Waals surface area contributed by atoms with Crippen molar-refractivity contribution in [3.63, 3.8) is 0 Å². The van der Waals surface area contributed by atoms with E-state index < -0.39 is 0 Å². The highest BCUT2D eigenvalue weighted by Crippen LogP contribution is 2.34. The first kappa shape index (κ1) is 12.5. The number of hydrogen-bond acceptors (Lipinski definition) is 2. The summed E-state index contributed by atoms with van der Waals surface area (Å²) in [7, 11) is 0. The van der Waals surface area contributed by atoms with Gasteiger partial charge in [-0.3, -0.25) is 9.48 Å². The molecule has 19 heavy (non-hydrogen) atoms. The minimum absolute atomic E-state index is 0.136. The minimum atomic E-state index is -0.136. The van der Waals surface area contributed by atoms with Gasteiger partial charge >= 0.3 is 0 Å². The Morgan fingerprint density at radius 3 is 2.53 bits per heavy atom. The van der Waals surface area contributed by atoms with E-state index in [1.54, 1.807) is 10.9 Å². The van der Waals surface area contributed by atoms with Crippen molar-refractivity contribution in [1.29, 1.82) is 0 Å². The van der Waals surface area contributed by atoms with Gasteiger partial charge < -0.3 is 4.90 Å². The molecule has 1 saturated heterocycles. The van der Waals surface area contributed by atoms with Crippen LogP contribution in [-0.2, 0) is 4.79 Å². The molecule has 2 aliphatic rings. The lowest BCUT2D eigenvalue weighted by molar-refractivity contribution is -0.134. The van der Waals surface area contributed by atoms with Crippen LogP contribution in [0, 0.1) is 11.8 Å². The van der Waals surface area contributed by atoms with Crippen LogP contribution in [0.1, 0.15) is 32.2 Å². The van der Waals surface area contributed by atoms with E-state index in [9.17, 15) is 4.79 Å². The van der Waals surface area contributed by atoms with Gasteiger partial charge in [0.25, 0.3) is 0 Å². The zero-order chi connectivity index (χ0) is 13.2. The first-order valence-electron chi connectivity index (χ1n) is 7.22. The van der Waals surface area contributed by atoms with E-state index in [0.29, 0.717) is 11.8 Å². The highest BCUT2D eigenvalue weighted by atomic mass is 16.2. The molecule has 4 heteroatoms. The van der Waals surface area contributed by atoms with Gasteiger partial charge in [0.05, 0.1) is 0 Å². The SMILES string of the molecule is CC[C@@H](C(=O)N1C[C@H]2CC=CC[C@H]2C1)n1cccn1. The van der Waals surface area contributed by atoms with E-state index in [0.717, 1.165) is 32.4 Å². The average molecular weight is 259 g/mol. The molecule has 0 N–H and O–H groups in total. The van der Waals surface area contributed by atoms with Gasteiger partial charge in [-0.05, 0) is 37.2 Å². The lowest BCUT2D eigenvalue weighted by atomic mass is 9.86. The van der Waals surface area contributed by atoms with Crippen LogP contribution in [0.5, 0.6) is 0 Å². The summed E-state index contributed by atoms with van der Waals surface area (Å²) in [5.41, 5.74) is 0. The molecule has 2 heterocycles. The lowest BCUT2D eigenvalue weighted by Crippen LogP contribution is -2.36. The number of allylic oxidation sites excluding steroid dienone is 2. The maximum absolute atomic E-state index is 12.7. The maximum Gasteiger partial charge on any atom is 0.247 e. The molecular formula is C15H21N3O. The van der Waals surface area contributed by atoms with Gasteiger partial charge in [0.2, 0.25) is 5.91 Å². The zero-order valence-corrected chi connectivity index (χ0v) is 11.4. The maximum atomic E-state index is 12.7. The van der Waals surface area contributed by atoms with E-state index in [1.165, 1.54) is 0 Å². The van der Waals surface area contributed by atoms with Crippen LogP contribution in [0.3, 0.4) is 0 Å². The second kappa shape index (κ2) is 5.19. The summed E-state index contributed by atoms with van der Waals surface area (Å²) in [5.74, 6) is 1.58. The van der Waals surface area contributed by atoms with Crippen molar-refractivity contribution in [3.05, 3.63) is 30.6 Å². The van der Waals surface area contributed by atoms with Gasteiger partial charge in [0, 0.05) is 25.5 Å². The number of likely N-dealkylation sites (tertiary alicyclic amines) is 1. The zero-order valence-electron chi connectivity index (χ0n) is 11.4. The van der Waals surface area contributed by atoms with Crippen molar-refractivity contribution in [2.45, 2.75) is 32.2 Å². The fraction of sp³-hybridized carbons (Fsp3) is 0.600. The first-order valence-corrected chi connectivity index (χ1v) is 7.22. The van der Waals surface area contributed by atoms with Crippen LogP contribution in [0.4, 0.5) is 0 Å². The summed E-state index contributed by atoms with van der Waals surface area (Å²) in [6.45, 7) is 3.89. The number of carbonyl (C=O) groups excluding carboxylic acids is 1. The quantitative estimate of drug-likeness (QED) is 0.781. The topological polar surface area (TPSA) is 38.1 Å². The number of carbonyl (C=O) groups is 1. The highest BCUT2D eigenvalue weighted by molar-refractivity contribution is 5.80. The molecule has 1 aliphatic carbocycles. The first-order chi connectivity index (χ1) is 9.29. The van der Waals surface area contributed by atoms with Gasteiger partial charge in [0.15, 0.2) is 0 Å². The van der Waals surface area contributed by atoms with Crippen molar-refractivity contribution in [2.75, 3.05) is 13.1 Å². The van der Waals surface area contributed by atoms with Crippen molar-refractivity contribution >= 4 is 5.91 Å². The van der Waals surface area contributed by atoms with Crippen molar-refractivity contribution < 1.29 is 4.79 Å². The van der Waals surface area contributed by atoms with Crippen LogP contribution in [0.2, 0.25) is 0 Å². The summed E-state index contributed by atoms with van der Waals surface area (Å²) in [6, 6.07) is 1.74. The van der Waals surface area contributed by atoms with Crippen LogP contribution >= 0.6 is 0 Å². The molecule has 1 fully saturated rings. The number of amides is 1. The van der Waals surface area contributed by atoms with E-state index in [4.69, 9.17) is 0 Å². The predicted molar refractivity (Wildman–Crippen MR) is 73.5 cm³/mol. The lowest BCUT2D eigenvalue weighted by Gasteiger charge is -2.23. The van der Waals surface area contributed by atoms with E-state index in [2.05, 4.69) is 29.1 Å². The number of nitrogens with zero attached hydrogens (tertiary/aromatic N) is 3. The van der Waals surface area contributed by atoms with Crippen LogP contribution in [-0.4, -0.2) is 33.7 Å². The largest absolute Gasteiger partial charge is 0.340 e. The van der Waals surface area contributed by atoms with Gasteiger partial charge in [-0.25, -0.2) is 0 Å². The Kier molecular flexibility index (Phi) is 3.40. The fourth-order valence-electron chi connectivity index (χ4n) is 3.35. The Morgan fingerprint density at radius 1 is 1.32 bits per heavy atom. The Bertz CT molecular complexity index is 450. The van der Waals surface area contributed by atoms with Gasteiger partial charge in [-0.15, -0.1) is 0 Å². The Balaban J connectivity index is 1.71. The third-order valence-corrected chi connectivity index (χ3v) is 4.45. The molecule has 0 radical (unpaired) electrons. The summed E-state index contributed by atoms with van der Waals surface area (Å²) in [5, 5.41) is 4.23. The molecule has 0 spiro atoms. The minimum Gasteiger partial charge on any atom is -0.340 e. The smallest absolute Gasteiger partial charge is 0.247 e. The van der Waals surface area contributed by atoms with Gasteiger partial charge in [-0.2, -0.15) is 5.10 Å². The number of rotatable bonds is 3. The molecule has 0 aromatic carbocycles. The average Bonchev–Trinajstić information content (AvgIpc) is 3.08. The molecule has 0 saturated carbocycles. The fourth-order valence-corrected chi connectivity index (χ4v) is 3.35. The van der Waals surface area contributed by atoms with E-state index >= 15 is 0 Å². The number of aromatic nitrogens is 2. The molecule has 1 amide bonds. The standard InChI is InChI=1S/C15H21N3O/c1-2-14(18-9-5-8-16-18)15(19)17-10-12-6-3-4-7-13(12)11-17/h3-5,8-9,12-14H,2,6-7,10-11H2,1H3/t12-,13+,14-/m0/s1. The second-order valence-corrected chi connectivity index (χ2v) is 5.62. The van der Waals surface area contributed by atoms with Crippen molar-refractivity contribution in [1.82, 2.24) is 14.7 Å². The monoisotopic (exact) mass is 259 g/mol. The Morgan fingerprint density at radius 2 is 2.00 bits per heavy atom. The molecule has 102 valence electrons. The van der Waals surface area contributed by atoms with Crippen LogP contribution in [0.25, 0.3) is 0 Å². The molecule has 0 bridgehead atoms. The number of hydrogen-bond donors (Lipinski definition) is 0. The summed E-state index contributed by atoms with van der Waals surface area (Å²) >= 11 is 0. The van der Waals surface area contributed by atoms with Crippen LogP contribution < -0.4 is 0 Å². The molecule has 1 aromatic heterocycles. The molecule has 1 aliphatic heterocycles. The summed E-state index contributed by atoms with van der Waals surface area (Å²) in [6.07, 6.45) is 11.2. The second-order valence-electron chi connectivity index (χ2n) is 5.62. The molecule has 3 rings (SSSR count). The Labute approximate surface area is 114 Å². The molecule has 3 atom stereocenters. The highest BCUT2D eigenvalue weighted by Gasteiger charge is 2.37. The van der Waals surface area contributed by atoms with Crippen molar-refractivity contribution in [3.8, 4) is 0 Å². The molecular weight excluding hydrogens is 238 g/mol. The van der Waals surface area contributed by atoms with E-state index in [-0.39, 0.29) is 11.9 Å². The van der Waals surface area contributed by atoms with Gasteiger partial charge in [0.1, 0.15) is 6.04 Å². The summed E-state index contributed by atoms with van der Waals surface area (Å²) < 4.78 is 1.79. The van der Waals surface area contributed by atoms with Crippen LogP contribution in [0.15, 0.2) is 30.6 Å². The summed E-state index contributed by atoms with van der Waals surface area (Å²) in [4.78, 5) is 14.7. The predicted octanol–water partition coefficient (Wildman–Crippen LogP) is 2.26. The third-order valence-electron chi connectivity index (χ3n) is 4.45. The molecule has 0 unspecified atom stereocenters. The Hall–Kier alpha value is -1.58. The molecule has 1 aromatic rings. The van der Waals surface area contributed by atoms with Crippen molar-refractivity contribution in [2.24, 2.45) is 11.8 Å². The third kappa shape index (κ3) is 2.31. The number of fused-ring (bicyclic) bond motifs is 1. The molecule has 4 nitrogen and oxygen atoms in total. The van der Waals surface area contributed by atoms with E-state index in [1.807, 2.05) is 12.3 Å².